The van der Waals surface area contributed by atoms with Gasteiger partial charge >= 0.3 is 0 Å². The Kier molecular flexibility index (Phi) is 1.10. The lowest BCUT2D eigenvalue weighted by Gasteiger charge is -2.05. The first-order valence-corrected chi connectivity index (χ1v) is 5.92. The lowest BCUT2D eigenvalue weighted by atomic mass is 10.0. The van der Waals surface area contributed by atoms with Crippen LogP contribution in [-0.2, 0) is 0 Å². The van der Waals surface area contributed by atoms with E-state index in [1.54, 1.807) is 0 Å². The number of thiophene rings is 1. The summed E-state index contributed by atoms with van der Waals surface area (Å²) in [5.41, 5.74) is 0.624. The molecule has 0 radical (unpaired) electrons. The third-order valence-electron chi connectivity index (χ3n) is 2.54. The molecule has 0 nitrogen and oxygen atoms in total. The van der Waals surface area contributed by atoms with Crippen LogP contribution in [0.4, 0.5) is 0 Å². The Bertz CT molecular complexity index is 972. The minimum absolute atomic E-state index is 0.000638. The largest absolute Gasteiger partial charge is 0.135 e. The van der Waals surface area contributed by atoms with Crippen LogP contribution in [0.25, 0.3) is 20.2 Å². The molecule has 0 N–H and O–H groups in total. The van der Waals surface area contributed by atoms with E-state index in [1.807, 2.05) is 13.8 Å². The summed E-state index contributed by atoms with van der Waals surface area (Å²) in [6.45, 7) is 3.80. The second-order valence-electron chi connectivity index (χ2n) is 3.95. The molecule has 0 spiro atoms. The molecule has 1 heterocycles. The van der Waals surface area contributed by atoms with Crippen molar-refractivity contribution in [3.05, 3.63) is 47.9 Å². The molecule has 0 amide bonds. The topological polar surface area (TPSA) is 0 Å². The van der Waals surface area contributed by atoms with Gasteiger partial charge in [0.1, 0.15) is 0 Å². The van der Waals surface area contributed by atoms with Crippen molar-refractivity contribution >= 4 is 31.5 Å². The van der Waals surface area contributed by atoms with Crippen LogP contribution in [-0.4, -0.2) is 0 Å². The number of hydrogen-bond acceptors (Lipinski definition) is 1. The minimum atomic E-state index is -0.339. The number of benzene rings is 2. The summed E-state index contributed by atoms with van der Waals surface area (Å²) >= 11 is 1.18. The number of fused-ring (bicyclic) bond motifs is 3. The van der Waals surface area contributed by atoms with Crippen LogP contribution in [0, 0.1) is 0 Å². The fourth-order valence-corrected chi connectivity index (χ4v) is 2.97. The van der Waals surface area contributed by atoms with E-state index in [0.29, 0.717) is 20.3 Å². The second-order valence-corrected chi connectivity index (χ2v) is 4.97. The van der Waals surface area contributed by atoms with Gasteiger partial charge in [0.2, 0.25) is 0 Å². The predicted octanol–water partition coefficient (Wildman–Crippen LogP) is 5.18. The zero-order chi connectivity index (χ0) is 17.2. The molecule has 3 rings (SSSR count). The van der Waals surface area contributed by atoms with Crippen molar-refractivity contribution in [1.29, 1.82) is 0 Å². The summed E-state index contributed by atoms with van der Waals surface area (Å²) in [4.78, 5) is 0. The summed E-state index contributed by atoms with van der Waals surface area (Å²) in [5, 5.41) is 0.651. The van der Waals surface area contributed by atoms with Gasteiger partial charge in [-0.3, -0.25) is 0 Å². The Morgan fingerprint density at radius 3 is 2.56 bits per heavy atom. The van der Waals surface area contributed by atoms with E-state index in [4.69, 9.17) is 9.60 Å². The molecule has 0 saturated carbocycles. The van der Waals surface area contributed by atoms with Crippen LogP contribution in [0.3, 0.4) is 0 Å². The Labute approximate surface area is 109 Å². The SMILES string of the molecule is [2H]c1c([2H])c([2H])c2c(sc3c(C(C)C)c([2H])c([2H])c([2H])c32)c1[2H]. The first-order valence-electron chi connectivity index (χ1n) is 8.60. The first kappa shape index (κ1) is 4.89. The van der Waals surface area contributed by atoms with Crippen molar-refractivity contribution in [3.8, 4) is 0 Å². The monoisotopic (exact) mass is 233 g/mol. The number of rotatable bonds is 1. The van der Waals surface area contributed by atoms with Gasteiger partial charge in [0, 0.05) is 20.2 Å². The summed E-state index contributed by atoms with van der Waals surface area (Å²) in [7, 11) is 0. The van der Waals surface area contributed by atoms with Crippen LogP contribution in [0.2, 0.25) is 0 Å². The third kappa shape index (κ3) is 1.35. The van der Waals surface area contributed by atoms with Crippen molar-refractivity contribution in [3.63, 3.8) is 0 Å². The molecule has 0 bridgehead atoms. The van der Waals surface area contributed by atoms with Gasteiger partial charge in [0.05, 0.1) is 9.60 Å². The maximum atomic E-state index is 8.20. The molecule has 1 aromatic heterocycles. The lowest BCUT2D eigenvalue weighted by Crippen LogP contribution is -1.85. The van der Waals surface area contributed by atoms with E-state index in [9.17, 15) is 0 Å². The van der Waals surface area contributed by atoms with Crippen molar-refractivity contribution in [1.82, 2.24) is 0 Å². The third-order valence-corrected chi connectivity index (χ3v) is 3.68. The van der Waals surface area contributed by atoms with Crippen LogP contribution >= 0.6 is 11.3 Å². The van der Waals surface area contributed by atoms with Crippen molar-refractivity contribution in [2.45, 2.75) is 19.8 Å². The fourth-order valence-electron chi connectivity index (χ4n) is 1.75. The quantitative estimate of drug-likeness (QED) is 0.543. The highest BCUT2D eigenvalue weighted by Crippen LogP contribution is 2.37. The molecule has 16 heavy (non-hydrogen) atoms. The molecular weight excluding hydrogens is 212 g/mol. The second kappa shape index (κ2) is 3.60. The molecule has 0 unspecified atom stereocenters. The Balaban J connectivity index is 2.72. The predicted molar refractivity (Wildman–Crippen MR) is 73.4 cm³/mol. The molecule has 80 valence electrons. The van der Waals surface area contributed by atoms with Gasteiger partial charge in [-0.2, -0.15) is 0 Å². The van der Waals surface area contributed by atoms with E-state index < -0.39 is 0 Å². The van der Waals surface area contributed by atoms with Gasteiger partial charge in [-0.1, -0.05) is 50.1 Å². The molecular formula is C15H14S. The Hall–Kier alpha value is -1.34. The van der Waals surface area contributed by atoms with Gasteiger partial charge in [0.25, 0.3) is 0 Å². The molecule has 0 saturated heterocycles. The molecule has 2 aromatic carbocycles. The van der Waals surface area contributed by atoms with Crippen molar-refractivity contribution < 1.29 is 9.60 Å². The maximum absolute atomic E-state index is 8.20. The van der Waals surface area contributed by atoms with E-state index >= 15 is 0 Å². The highest BCUT2D eigenvalue weighted by molar-refractivity contribution is 7.26. The summed E-state index contributed by atoms with van der Waals surface area (Å²) in [6, 6.07) is -1.31. The maximum Gasteiger partial charge on any atom is 0.0638 e. The van der Waals surface area contributed by atoms with Gasteiger partial charge in [0.15, 0.2) is 0 Å². The van der Waals surface area contributed by atoms with Crippen molar-refractivity contribution in [2.24, 2.45) is 0 Å². The number of hydrogen-bond donors (Lipinski definition) is 0. The molecule has 0 atom stereocenters. The zero-order valence-electron chi connectivity index (χ0n) is 16.0. The summed E-state index contributed by atoms with van der Waals surface area (Å²) in [6.07, 6.45) is 0. The Morgan fingerprint density at radius 1 is 1.00 bits per heavy atom. The lowest BCUT2D eigenvalue weighted by molar-refractivity contribution is 0.878. The van der Waals surface area contributed by atoms with E-state index in [-0.39, 0.29) is 53.6 Å². The van der Waals surface area contributed by atoms with Gasteiger partial charge in [-0.15, -0.1) is 11.3 Å². The van der Waals surface area contributed by atoms with Crippen LogP contribution in [0.15, 0.2) is 42.3 Å². The molecule has 0 aliphatic heterocycles. The summed E-state index contributed by atoms with van der Waals surface area (Å²) < 4.78 is 57.3. The van der Waals surface area contributed by atoms with E-state index in [0.717, 1.165) is 0 Å². The average molecular weight is 233 g/mol. The zero-order valence-corrected chi connectivity index (χ0v) is 9.80. The molecule has 3 aromatic rings. The van der Waals surface area contributed by atoms with Gasteiger partial charge in [-0.25, -0.2) is 0 Å². The van der Waals surface area contributed by atoms with Crippen LogP contribution in [0.1, 0.15) is 34.9 Å². The highest BCUT2D eigenvalue weighted by Gasteiger charge is 2.09. The van der Waals surface area contributed by atoms with Crippen LogP contribution in [0.5, 0.6) is 0 Å². The first-order chi connectivity index (χ1) is 10.7. The molecule has 0 fully saturated rings. The summed E-state index contributed by atoms with van der Waals surface area (Å²) in [5.74, 6) is -0.0444. The van der Waals surface area contributed by atoms with Gasteiger partial charge in [-0.05, 0) is 17.5 Å². The van der Waals surface area contributed by atoms with E-state index in [1.165, 1.54) is 11.3 Å². The normalized spacial score (nSPS) is 17.8. The fraction of sp³-hybridized carbons (Fsp3) is 0.200. The molecule has 0 aliphatic carbocycles. The molecule has 1 heteroatoms. The standard InChI is InChI=1S/C15H14S/c1-10(2)11-7-5-8-13-12-6-3-4-9-14(12)16-15(11)13/h3-10H,1-2H3/i3D,4D,5D,6D,7D,8D,9D. The van der Waals surface area contributed by atoms with Gasteiger partial charge < -0.3 is 0 Å². The average Bonchev–Trinajstić information content (AvgIpc) is 2.88. The minimum Gasteiger partial charge on any atom is -0.135 e. The van der Waals surface area contributed by atoms with E-state index in [2.05, 4.69) is 0 Å². The highest BCUT2D eigenvalue weighted by atomic mass is 32.1. The van der Waals surface area contributed by atoms with Crippen molar-refractivity contribution in [2.75, 3.05) is 0 Å². The smallest absolute Gasteiger partial charge is 0.0638 e. The van der Waals surface area contributed by atoms with Crippen LogP contribution < -0.4 is 0 Å². The molecule has 0 aliphatic rings. The Morgan fingerprint density at radius 2 is 1.75 bits per heavy atom.